The number of hydrogen-bond acceptors (Lipinski definition) is 1. The topological polar surface area (TPSA) is 12.0 Å². The maximum Gasteiger partial charge on any atom is 0.0108 e. The monoisotopic (exact) mass is 217 g/mol. The van der Waals surface area contributed by atoms with Crippen LogP contribution in [-0.4, -0.2) is 12.6 Å². The Morgan fingerprint density at radius 2 is 2.00 bits per heavy atom. The molecule has 88 valence electrons. The molecule has 1 aromatic carbocycles. The van der Waals surface area contributed by atoms with Crippen LogP contribution in [0.2, 0.25) is 0 Å². The number of aryl methyl sites for hydroxylation is 2. The molecule has 0 radical (unpaired) electrons. The van der Waals surface area contributed by atoms with Crippen LogP contribution in [0.5, 0.6) is 0 Å². The molecule has 1 heterocycles. The van der Waals surface area contributed by atoms with Crippen LogP contribution in [-0.2, 0) is 19.3 Å². The minimum absolute atomic E-state index is 0.720. The summed E-state index contributed by atoms with van der Waals surface area (Å²) in [4.78, 5) is 0. The van der Waals surface area contributed by atoms with Crippen LogP contribution in [0.3, 0.4) is 0 Å². The van der Waals surface area contributed by atoms with Gasteiger partial charge >= 0.3 is 0 Å². The fourth-order valence-corrected chi connectivity index (χ4v) is 2.70. The number of nitrogens with one attached hydrogen (secondary N) is 1. The Balaban J connectivity index is 2.09. The third-order valence-electron chi connectivity index (χ3n) is 3.68. The average molecular weight is 217 g/mol. The molecule has 1 atom stereocenters. The van der Waals surface area contributed by atoms with Gasteiger partial charge in [0.05, 0.1) is 0 Å². The summed E-state index contributed by atoms with van der Waals surface area (Å²) in [6, 6.07) is 7.78. The zero-order chi connectivity index (χ0) is 11.4. The number of benzene rings is 1. The fourth-order valence-electron chi connectivity index (χ4n) is 2.70. The van der Waals surface area contributed by atoms with E-state index in [2.05, 4.69) is 37.4 Å². The number of hydrogen-bond donors (Lipinski definition) is 1. The van der Waals surface area contributed by atoms with Crippen molar-refractivity contribution in [3.05, 3.63) is 34.9 Å². The third kappa shape index (κ3) is 2.65. The molecular weight excluding hydrogens is 194 g/mol. The first kappa shape index (κ1) is 11.7. The Hall–Kier alpha value is -0.820. The van der Waals surface area contributed by atoms with Gasteiger partial charge in [-0.2, -0.15) is 0 Å². The Labute approximate surface area is 99.3 Å². The van der Waals surface area contributed by atoms with Gasteiger partial charge in [-0.25, -0.2) is 0 Å². The predicted octanol–water partition coefficient (Wildman–Crippen LogP) is 3.11. The smallest absolute Gasteiger partial charge is 0.0108 e. The summed E-state index contributed by atoms with van der Waals surface area (Å²) < 4.78 is 0. The minimum Gasteiger partial charge on any atom is -0.314 e. The second-order valence-electron chi connectivity index (χ2n) is 4.81. The van der Waals surface area contributed by atoms with E-state index >= 15 is 0 Å². The molecule has 1 aliphatic heterocycles. The summed E-state index contributed by atoms with van der Waals surface area (Å²) >= 11 is 0. The van der Waals surface area contributed by atoms with Crippen molar-refractivity contribution >= 4 is 0 Å². The van der Waals surface area contributed by atoms with E-state index in [1.807, 2.05) is 0 Å². The SMILES string of the molecule is CCc1ccc(CC2CCCN2)cc1CC. The molecule has 16 heavy (non-hydrogen) atoms. The van der Waals surface area contributed by atoms with E-state index in [-0.39, 0.29) is 0 Å². The zero-order valence-electron chi connectivity index (χ0n) is 10.6. The van der Waals surface area contributed by atoms with Crippen molar-refractivity contribution in [2.45, 2.75) is 52.0 Å². The third-order valence-corrected chi connectivity index (χ3v) is 3.68. The second-order valence-corrected chi connectivity index (χ2v) is 4.81. The molecule has 0 aromatic heterocycles. The molecule has 1 nitrogen and oxygen atoms in total. The lowest BCUT2D eigenvalue weighted by Gasteiger charge is -2.13. The normalized spacial score (nSPS) is 20.2. The summed E-state index contributed by atoms with van der Waals surface area (Å²) in [7, 11) is 0. The fraction of sp³-hybridized carbons (Fsp3) is 0.600. The van der Waals surface area contributed by atoms with E-state index in [1.54, 1.807) is 0 Å². The molecule has 1 heteroatoms. The van der Waals surface area contributed by atoms with Gasteiger partial charge in [-0.3, -0.25) is 0 Å². The predicted molar refractivity (Wildman–Crippen MR) is 69.9 cm³/mol. The van der Waals surface area contributed by atoms with Gasteiger partial charge in [-0.1, -0.05) is 32.0 Å². The van der Waals surface area contributed by atoms with Gasteiger partial charge in [0.2, 0.25) is 0 Å². The summed E-state index contributed by atoms with van der Waals surface area (Å²) in [5.41, 5.74) is 4.57. The summed E-state index contributed by atoms with van der Waals surface area (Å²) in [5.74, 6) is 0. The Kier molecular flexibility index (Phi) is 4.00. The average Bonchev–Trinajstić information content (AvgIpc) is 2.81. The molecule has 1 saturated heterocycles. The molecule has 0 aliphatic carbocycles. The van der Waals surface area contributed by atoms with Crippen LogP contribution < -0.4 is 5.32 Å². The standard InChI is InChI=1S/C15H23N/c1-3-13-8-7-12(10-14(13)4-2)11-15-6-5-9-16-15/h7-8,10,15-16H,3-6,9,11H2,1-2H3. The van der Waals surface area contributed by atoms with Crippen molar-refractivity contribution < 1.29 is 0 Å². The van der Waals surface area contributed by atoms with Gasteiger partial charge in [-0.05, 0) is 55.3 Å². The van der Waals surface area contributed by atoms with Gasteiger partial charge in [-0.15, -0.1) is 0 Å². The van der Waals surface area contributed by atoms with Gasteiger partial charge in [0.1, 0.15) is 0 Å². The molecule has 1 aromatic rings. The van der Waals surface area contributed by atoms with Crippen molar-refractivity contribution in [2.24, 2.45) is 0 Å². The van der Waals surface area contributed by atoms with E-state index in [4.69, 9.17) is 0 Å². The van der Waals surface area contributed by atoms with Gasteiger partial charge in [0.15, 0.2) is 0 Å². The molecule has 1 N–H and O–H groups in total. The molecular formula is C15H23N. The van der Waals surface area contributed by atoms with E-state index in [1.165, 1.54) is 42.5 Å². The van der Waals surface area contributed by atoms with Crippen molar-refractivity contribution in [1.82, 2.24) is 5.32 Å². The van der Waals surface area contributed by atoms with Crippen molar-refractivity contribution in [3.8, 4) is 0 Å². The highest BCUT2D eigenvalue weighted by atomic mass is 14.9. The Morgan fingerprint density at radius 1 is 1.19 bits per heavy atom. The first-order chi connectivity index (χ1) is 7.83. The van der Waals surface area contributed by atoms with Crippen molar-refractivity contribution in [3.63, 3.8) is 0 Å². The molecule has 0 amide bonds. The quantitative estimate of drug-likeness (QED) is 0.817. The van der Waals surface area contributed by atoms with Crippen LogP contribution in [0, 0.1) is 0 Å². The van der Waals surface area contributed by atoms with E-state index in [9.17, 15) is 0 Å². The lowest BCUT2D eigenvalue weighted by molar-refractivity contribution is 0.602. The summed E-state index contributed by atoms with van der Waals surface area (Å²) in [6.07, 6.45) is 6.21. The maximum absolute atomic E-state index is 3.57. The first-order valence-corrected chi connectivity index (χ1v) is 6.67. The minimum atomic E-state index is 0.720. The lowest BCUT2D eigenvalue weighted by Crippen LogP contribution is -2.23. The number of rotatable bonds is 4. The Bertz CT molecular complexity index is 337. The van der Waals surface area contributed by atoms with Crippen LogP contribution in [0.25, 0.3) is 0 Å². The van der Waals surface area contributed by atoms with Gasteiger partial charge in [0.25, 0.3) is 0 Å². The van der Waals surface area contributed by atoms with Crippen LogP contribution >= 0.6 is 0 Å². The second kappa shape index (κ2) is 5.49. The zero-order valence-corrected chi connectivity index (χ0v) is 10.6. The molecule has 0 saturated carbocycles. The van der Waals surface area contributed by atoms with E-state index < -0.39 is 0 Å². The first-order valence-electron chi connectivity index (χ1n) is 6.67. The van der Waals surface area contributed by atoms with E-state index in [0.29, 0.717) is 0 Å². The Morgan fingerprint density at radius 3 is 2.62 bits per heavy atom. The molecule has 1 fully saturated rings. The molecule has 1 unspecified atom stereocenters. The maximum atomic E-state index is 3.57. The highest BCUT2D eigenvalue weighted by molar-refractivity contribution is 5.32. The largest absolute Gasteiger partial charge is 0.314 e. The van der Waals surface area contributed by atoms with Crippen LogP contribution in [0.15, 0.2) is 18.2 Å². The van der Waals surface area contributed by atoms with Crippen LogP contribution in [0.1, 0.15) is 43.4 Å². The molecule has 2 rings (SSSR count). The highest BCUT2D eigenvalue weighted by Gasteiger charge is 2.14. The molecule has 0 spiro atoms. The van der Waals surface area contributed by atoms with Gasteiger partial charge in [0, 0.05) is 6.04 Å². The van der Waals surface area contributed by atoms with E-state index in [0.717, 1.165) is 18.9 Å². The summed E-state index contributed by atoms with van der Waals surface area (Å²) in [5, 5.41) is 3.57. The molecule has 1 aliphatic rings. The molecule has 0 bridgehead atoms. The van der Waals surface area contributed by atoms with Crippen LogP contribution in [0.4, 0.5) is 0 Å². The van der Waals surface area contributed by atoms with Crippen molar-refractivity contribution in [2.75, 3.05) is 6.54 Å². The lowest BCUT2D eigenvalue weighted by atomic mass is 9.96. The summed E-state index contributed by atoms with van der Waals surface area (Å²) in [6.45, 7) is 5.71. The van der Waals surface area contributed by atoms with Crippen molar-refractivity contribution in [1.29, 1.82) is 0 Å². The van der Waals surface area contributed by atoms with Gasteiger partial charge < -0.3 is 5.32 Å². The highest BCUT2D eigenvalue weighted by Crippen LogP contribution is 2.17.